The highest BCUT2D eigenvalue weighted by molar-refractivity contribution is 5.93. The maximum Gasteiger partial charge on any atom is 0.253 e. The fourth-order valence-electron chi connectivity index (χ4n) is 6.21. The molecule has 4 aliphatic rings. The van der Waals surface area contributed by atoms with Crippen LogP contribution in [0.2, 0.25) is 0 Å². The van der Waals surface area contributed by atoms with Crippen LogP contribution in [0.3, 0.4) is 0 Å². The van der Waals surface area contributed by atoms with Crippen LogP contribution >= 0.6 is 0 Å². The van der Waals surface area contributed by atoms with Gasteiger partial charge in [-0.25, -0.2) is 0 Å². The fourth-order valence-corrected chi connectivity index (χ4v) is 6.21. The van der Waals surface area contributed by atoms with Gasteiger partial charge in [-0.2, -0.15) is 0 Å². The Bertz CT molecular complexity index is 756. The first-order valence-corrected chi connectivity index (χ1v) is 10.6. The Morgan fingerprint density at radius 2 is 1.57 bits per heavy atom. The zero-order chi connectivity index (χ0) is 19.9. The molecule has 4 aliphatic carbocycles. The van der Waals surface area contributed by atoms with Crippen LogP contribution in [0.4, 0.5) is 0 Å². The van der Waals surface area contributed by atoms with Crippen molar-refractivity contribution in [3.63, 3.8) is 0 Å². The number of nitrogens with one attached hydrogen (secondary N) is 1. The van der Waals surface area contributed by atoms with Crippen LogP contribution < -0.4 is 5.32 Å². The van der Waals surface area contributed by atoms with Gasteiger partial charge in [-0.1, -0.05) is 17.7 Å². The molecule has 4 saturated carbocycles. The number of hydrogen-bond acceptors (Lipinski definition) is 2. The Labute approximate surface area is 168 Å². The van der Waals surface area contributed by atoms with E-state index in [0.717, 1.165) is 23.3 Å². The summed E-state index contributed by atoms with van der Waals surface area (Å²) in [5.74, 6) is 2.66. The summed E-state index contributed by atoms with van der Waals surface area (Å²) >= 11 is 0. The van der Waals surface area contributed by atoms with Gasteiger partial charge in [0.25, 0.3) is 5.91 Å². The number of carbonyl (C=O) groups excluding carboxylic acids is 2. The van der Waals surface area contributed by atoms with Crippen molar-refractivity contribution < 1.29 is 9.59 Å². The number of carbonyl (C=O) groups is 2. The molecule has 4 bridgehead atoms. The quantitative estimate of drug-likeness (QED) is 0.780. The van der Waals surface area contributed by atoms with E-state index in [-0.39, 0.29) is 11.8 Å². The molecule has 4 nitrogen and oxygen atoms in total. The van der Waals surface area contributed by atoms with Crippen molar-refractivity contribution in [2.45, 2.75) is 52.0 Å². The van der Waals surface area contributed by atoms with Gasteiger partial charge in [-0.3, -0.25) is 9.59 Å². The van der Waals surface area contributed by atoms with Crippen LogP contribution in [-0.2, 0) is 11.3 Å². The molecule has 0 atom stereocenters. The van der Waals surface area contributed by atoms with Gasteiger partial charge in [0.2, 0.25) is 5.91 Å². The predicted octanol–water partition coefficient (Wildman–Crippen LogP) is 4.17. The normalized spacial score (nSPS) is 31.0. The van der Waals surface area contributed by atoms with Gasteiger partial charge in [-0.15, -0.1) is 0 Å². The van der Waals surface area contributed by atoms with Crippen molar-refractivity contribution in [1.82, 2.24) is 10.2 Å². The summed E-state index contributed by atoms with van der Waals surface area (Å²) in [4.78, 5) is 26.1. The molecular weight excluding hydrogens is 348 g/mol. The lowest BCUT2D eigenvalue weighted by atomic mass is 9.48. The summed E-state index contributed by atoms with van der Waals surface area (Å²) in [6.07, 6.45) is 9.99. The van der Waals surface area contributed by atoms with Gasteiger partial charge in [0.15, 0.2) is 0 Å². The fraction of sp³-hybridized carbons (Fsp3) is 0.583. The average Bonchev–Trinajstić information content (AvgIpc) is 2.65. The maximum absolute atomic E-state index is 12.5. The average molecular weight is 381 g/mol. The lowest BCUT2D eigenvalue weighted by molar-refractivity contribution is -0.116. The summed E-state index contributed by atoms with van der Waals surface area (Å²) in [6, 6.07) is 7.46. The van der Waals surface area contributed by atoms with Crippen LogP contribution in [0.5, 0.6) is 0 Å². The third-order valence-corrected chi connectivity index (χ3v) is 7.30. The highest BCUT2D eigenvalue weighted by atomic mass is 16.2. The second-order valence-corrected chi connectivity index (χ2v) is 9.64. The van der Waals surface area contributed by atoms with Crippen LogP contribution in [0, 0.1) is 23.2 Å². The highest BCUT2D eigenvalue weighted by Gasteiger charge is 2.51. The Morgan fingerprint density at radius 1 is 1.04 bits per heavy atom. The number of allylic oxidation sites excluding steroid dienone is 1. The van der Waals surface area contributed by atoms with Crippen LogP contribution in [0.1, 0.15) is 61.4 Å². The molecule has 0 radical (unpaired) electrons. The lowest BCUT2D eigenvalue weighted by Gasteiger charge is -2.57. The van der Waals surface area contributed by atoms with Gasteiger partial charge >= 0.3 is 0 Å². The number of benzene rings is 1. The minimum absolute atomic E-state index is 0.00156. The third-order valence-electron chi connectivity index (χ3n) is 7.30. The summed E-state index contributed by atoms with van der Waals surface area (Å²) < 4.78 is 0. The molecule has 0 saturated heterocycles. The van der Waals surface area contributed by atoms with Crippen LogP contribution in [0.25, 0.3) is 0 Å². The third kappa shape index (κ3) is 3.74. The first kappa shape index (κ1) is 19.2. The Hall–Kier alpha value is -2.10. The van der Waals surface area contributed by atoms with Crippen LogP contribution in [-0.4, -0.2) is 30.8 Å². The van der Waals surface area contributed by atoms with Crippen molar-refractivity contribution in [2.24, 2.45) is 23.2 Å². The zero-order valence-corrected chi connectivity index (χ0v) is 17.3. The molecule has 0 aromatic heterocycles. The number of amides is 2. The molecule has 0 unspecified atom stereocenters. The predicted molar refractivity (Wildman–Crippen MR) is 111 cm³/mol. The van der Waals surface area contributed by atoms with E-state index >= 15 is 0 Å². The molecule has 1 aromatic carbocycles. The van der Waals surface area contributed by atoms with Gasteiger partial charge in [-0.05, 0) is 86.3 Å². The monoisotopic (exact) mass is 380 g/mol. The standard InChI is InChI=1S/C24H32N2O2/c1-16(24-12-18-9-19(13-24)11-20(10-18)14-24)8-22(27)25-15-17-4-6-21(7-5-17)23(28)26(2)3/h4-8,18-20H,9-15H2,1-3H3,(H,25,27)/b16-8+. The van der Waals surface area contributed by atoms with E-state index in [9.17, 15) is 9.59 Å². The summed E-state index contributed by atoms with van der Waals surface area (Å²) in [7, 11) is 3.49. The number of rotatable bonds is 5. The highest BCUT2D eigenvalue weighted by Crippen LogP contribution is 2.62. The Morgan fingerprint density at radius 3 is 2.07 bits per heavy atom. The smallest absolute Gasteiger partial charge is 0.253 e. The van der Waals surface area contributed by atoms with Gasteiger partial charge in [0.05, 0.1) is 0 Å². The number of hydrogen-bond donors (Lipinski definition) is 1. The minimum Gasteiger partial charge on any atom is -0.348 e. The molecule has 28 heavy (non-hydrogen) atoms. The maximum atomic E-state index is 12.5. The second-order valence-electron chi connectivity index (χ2n) is 9.64. The zero-order valence-electron chi connectivity index (χ0n) is 17.3. The molecule has 0 spiro atoms. The van der Waals surface area contributed by atoms with Gasteiger partial charge in [0, 0.05) is 32.3 Å². The second kappa shape index (κ2) is 7.38. The summed E-state index contributed by atoms with van der Waals surface area (Å²) in [6.45, 7) is 2.66. The summed E-state index contributed by atoms with van der Waals surface area (Å²) in [5.41, 5.74) is 3.25. The van der Waals surface area contributed by atoms with Gasteiger partial charge < -0.3 is 10.2 Å². The first-order chi connectivity index (χ1) is 13.3. The van der Waals surface area contributed by atoms with E-state index < -0.39 is 0 Å². The van der Waals surface area contributed by atoms with Gasteiger partial charge in [0.1, 0.15) is 0 Å². The van der Waals surface area contributed by atoms with E-state index in [1.807, 2.05) is 30.3 Å². The SMILES string of the molecule is C/C(=C\C(=O)NCc1ccc(C(=O)N(C)C)cc1)C12CC3CC(CC(C3)C1)C2. The minimum atomic E-state index is -0.00952. The topological polar surface area (TPSA) is 49.4 Å². The van der Waals surface area contributed by atoms with E-state index in [2.05, 4.69) is 12.2 Å². The first-order valence-electron chi connectivity index (χ1n) is 10.6. The van der Waals surface area contributed by atoms with Crippen molar-refractivity contribution in [3.8, 4) is 0 Å². The molecule has 0 aliphatic heterocycles. The molecule has 1 aromatic rings. The van der Waals surface area contributed by atoms with E-state index in [4.69, 9.17) is 0 Å². The molecular formula is C24H32N2O2. The molecule has 0 heterocycles. The number of nitrogens with zero attached hydrogens (tertiary/aromatic N) is 1. The molecule has 5 rings (SSSR count). The van der Waals surface area contributed by atoms with Crippen molar-refractivity contribution in [3.05, 3.63) is 47.0 Å². The molecule has 1 N–H and O–H groups in total. The van der Waals surface area contributed by atoms with Crippen LogP contribution in [0.15, 0.2) is 35.9 Å². The van der Waals surface area contributed by atoms with E-state index in [1.54, 1.807) is 19.0 Å². The van der Waals surface area contributed by atoms with Crippen molar-refractivity contribution >= 4 is 11.8 Å². The van der Waals surface area contributed by atoms with Crippen molar-refractivity contribution in [1.29, 1.82) is 0 Å². The van der Waals surface area contributed by atoms with E-state index in [0.29, 0.717) is 17.5 Å². The van der Waals surface area contributed by atoms with E-state index in [1.165, 1.54) is 44.1 Å². The Balaban J connectivity index is 1.36. The van der Waals surface area contributed by atoms with Crippen molar-refractivity contribution in [2.75, 3.05) is 14.1 Å². The lowest BCUT2D eigenvalue weighted by Crippen LogP contribution is -2.46. The molecule has 4 fully saturated rings. The largest absolute Gasteiger partial charge is 0.348 e. The summed E-state index contributed by atoms with van der Waals surface area (Å²) in [5, 5.41) is 3.02. The molecule has 2 amide bonds. The Kier molecular flexibility index (Phi) is 5.07. The molecule has 4 heteroatoms. The molecule has 150 valence electrons.